The number of carboxylic acids is 1. The van der Waals surface area contributed by atoms with Crippen LogP contribution in [0.15, 0.2) is 24.3 Å². The van der Waals surface area contributed by atoms with Gasteiger partial charge in [0.15, 0.2) is 0 Å². The molecule has 1 fully saturated rings. The van der Waals surface area contributed by atoms with Crippen LogP contribution >= 0.6 is 0 Å². The van der Waals surface area contributed by atoms with Crippen molar-refractivity contribution in [1.82, 2.24) is 10.2 Å². The van der Waals surface area contributed by atoms with Gasteiger partial charge in [-0.1, -0.05) is 12.1 Å². The maximum absolute atomic E-state index is 12.7. The van der Waals surface area contributed by atoms with Crippen molar-refractivity contribution in [2.45, 2.75) is 51.2 Å². The summed E-state index contributed by atoms with van der Waals surface area (Å²) in [6.45, 7) is 3.92. The van der Waals surface area contributed by atoms with Gasteiger partial charge in [0.1, 0.15) is 12.1 Å². The zero-order chi connectivity index (χ0) is 20.7. The first kappa shape index (κ1) is 21.4. The SMILES string of the molecule is CCOC(=O)C(Cc1ccc(C#N)cc1)N[C@@H](C)C(=O)N1CCC[C@H]1C(=O)O. The number of esters is 1. The number of carbonyl (C=O) groups excluding carboxylic acids is 2. The van der Waals surface area contributed by atoms with E-state index in [4.69, 9.17) is 10.00 Å². The lowest BCUT2D eigenvalue weighted by Crippen LogP contribution is -2.53. The Morgan fingerprint density at radius 1 is 1.36 bits per heavy atom. The van der Waals surface area contributed by atoms with Gasteiger partial charge in [-0.25, -0.2) is 4.79 Å². The average molecular weight is 387 g/mol. The number of carbonyl (C=O) groups is 3. The third-order valence-corrected chi connectivity index (χ3v) is 4.74. The summed E-state index contributed by atoms with van der Waals surface area (Å²) in [5, 5.41) is 21.2. The summed E-state index contributed by atoms with van der Waals surface area (Å²) in [5.41, 5.74) is 1.33. The van der Waals surface area contributed by atoms with Gasteiger partial charge >= 0.3 is 11.9 Å². The molecular weight excluding hydrogens is 362 g/mol. The summed E-state index contributed by atoms with van der Waals surface area (Å²) in [4.78, 5) is 37.8. The Morgan fingerprint density at radius 2 is 2.04 bits per heavy atom. The Balaban J connectivity index is 2.10. The number of aliphatic carboxylic acids is 1. The van der Waals surface area contributed by atoms with Gasteiger partial charge in [-0.05, 0) is 50.8 Å². The minimum Gasteiger partial charge on any atom is -0.480 e. The Hall–Kier alpha value is -2.92. The molecule has 1 heterocycles. The highest BCUT2D eigenvalue weighted by Crippen LogP contribution is 2.19. The lowest BCUT2D eigenvalue weighted by molar-refractivity contribution is -0.150. The highest BCUT2D eigenvalue weighted by molar-refractivity contribution is 5.88. The van der Waals surface area contributed by atoms with Crippen LogP contribution in [0.4, 0.5) is 0 Å². The predicted molar refractivity (Wildman–Crippen MR) is 100 cm³/mol. The van der Waals surface area contributed by atoms with Crippen LogP contribution in [0.2, 0.25) is 0 Å². The largest absolute Gasteiger partial charge is 0.480 e. The molecule has 1 aliphatic rings. The molecule has 0 saturated carbocycles. The lowest BCUT2D eigenvalue weighted by Gasteiger charge is -2.27. The third kappa shape index (κ3) is 5.30. The fourth-order valence-corrected chi connectivity index (χ4v) is 3.31. The fourth-order valence-electron chi connectivity index (χ4n) is 3.31. The first-order chi connectivity index (χ1) is 13.4. The van der Waals surface area contributed by atoms with E-state index in [1.165, 1.54) is 4.90 Å². The molecule has 0 bridgehead atoms. The first-order valence-electron chi connectivity index (χ1n) is 9.32. The van der Waals surface area contributed by atoms with Gasteiger partial charge in [-0.2, -0.15) is 5.26 Å². The lowest BCUT2D eigenvalue weighted by atomic mass is 10.0. The Labute approximate surface area is 164 Å². The van der Waals surface area contributed by atoms with Crippen molar-refractivity contribution in [2.75, 3.05) is 13.2 Å². The van der Waals surface area contributed by atoms with Crippen LogP contribution in [0, 0.1) is 11.3 Å². The van der Waals surface area contributed by atoms with Crippen molar-refractivity contribution in [2.24, 2.45) is 0 Å². The van der Waals surface area contributed by atoms with E-state index in [0.717, 1.165) is 5.56 Å². The number of rotatable bonds is 8. The van der Waals surface area contributed by atoms with Crippen molar-refractivity contribution >= 4 is 17.8 Å². The fraction of sp³-hybridized carbons (Fsp3) is 0.500. The van der Waals surface area contributed by atoms with Crippen molar-refractivity contribution < 1.29 is 24.2 Å². The van der Waals surface area contributed by atoms with Crippen molar-refractivity contribution in [3.05, 3.63) is 35.4 Å². The molecule has 1 amide bonds. The Kier molecular flexibility index (Phi) is 7.52. The molecule has 150 valence electrons. The smallest absolute Gasteiger partial charge is 0.326 e. The van der Waals surface area contributed by atoms with Crippen LogP contribution in [0.25, 0.3) is 0 Å². The maximum atomic E-state index is 12.7. The van der Waals surface area contributed by atoms with E-state index in [-0.39, 0.29) is 18.9 Å². The number of nitrogens with one attached hydrogen (secondary N) is 1. The van der Waals surface area contributed by atoms with Gasteiger partial charge in [0, 0.05) is 6.54 Å². The number of ether oxygens (including phenoxy) is 1. The van der Waals surface area contributed by atoms with Gasteiger partial charge in [0.05, 0.1) is 24.3 Å². The predicted octanol–water partition coefficient (Wildman–Crippen LogP) is 1.09. The average Bonchev–Trinajstić information content (AvgIpc) is 3.17. The molecule has 1 aromatic carbocycles. The highest BCUT2D eigenvalue weighted by atomic mass is 16.5. The normalized spacial score (nSPS) is 18.2. The van der Waals surface area contributed by atoms with E-state index in [1.807, 2.05) is 6.07 Å². The van der Waals surface area contributed by atoms with Crippen LogP contribution < -0.4 is 5.32 Å². The molecule has 0 aromatic heterocycles. The van der Waals surface area contributed by atoms with Gasteiger partial charge in [-0.15, -0.1) is 0 Å². The van der Waals surface area contributed by atoms with Crippen molar-refractivity contribution in [3.63, 3.8) is 0 Å². The number of nitrogens with zero attached hydrogens (tertiary/aromatic N) is 2. The second-order valence-electron chi connectivity index (χ2n) is 6.73. The molecule has 8 nitrogen and oxygen atoms in total. The van der Waals surface area contributed by atoms with Gasteiger partial charge in [-0.3, -0.25) is 14.9 Å². The number of likely N-dealkylation sites (tertiary alicyclic amines) is 1. The quantitative estimate of drug-likeness (QED) is 0.641. The molecule has 1 saturated heterocycles. The summed E-state index contributed by atoms with van der Waals surface area (Å²) in [6.07, 6.45) is 1.35. The zero-order valence-electron chi connectivity index (χ0n) is 16.1. The van der Waals surface area contributed by atoms with Crippen LogP contribution in [0.3, 0.4) is 0 Å². The summed E-state index contributed by atoms with van der Waals surface area (Å²) >= 11 is 0. The molecule has 0 aliphatic carbocycles. The van der Waals surface area contributed by atoms with E-state index >= 15 is 0 Å². The first-order valence-corrected chi connectivity index (χ1v) is 9.32. The molecule has 1 aromatic rings. The summed E-state index contributed by atoms with van der Waals surface area (Å²) in [5.74, 6) is -1.85. The molecule has 2 N–H and O–H groups in total. The highest BCUT2D eigenvalue weighted by Gasteiger charge is 2.37. The minimum absolute atomic E-state index is 0.208. The molecule has 1 aliphatic heterocycles. The molecular formula is C20H25N3O5. The van der Waals surface area contributed by atoms with Crippen LogP contribution in [0.5, 0.6) is 0 Å². The molecule has 1 unspecified atom stereocenters. The second kappa shape index (κ2) is 9.85. The molecule has 2 rings (SSSR count). The summed E-state index contributed by atoms with van der Waals surface area (Å²) in [7, 11) is 0. The standard InChI is InChI=1S/C20H25N3O5/c1-3-28-20(27)16(11-14-6-8-15(12-21)9-7-14)22-13(2)18(24)23-10-4-5-17(23)19(25)26/h6-9,13,16-17,22H,3-5,10-11H2,1-2H3,(H,25,26)/t13-,16?,17-/m0/s1. The van der Waals surface area contributed by atoms with E-state index in [9.17, 15) is 19.5 Å². The van der Waals surface area contributed by atoms with E-state index < -0.39 is 30.1 Å². The second-order valence-corrected chi connectivity index (χ2v) is 6.73. The number of carboxylic acid groups (broad SMARTS) is 1. The number of hydrogen-bond donors (Lipinski definition) is 2. The molecule has 0 radical (unpaired) electrons. The topological polar surface area (TPSA) is 120 Å². The van der Waals surface area contributed by atoms with Gasteiger partial charge in [0.25, 0.3) is 0 Å². The van der Waals surface area contributed by atoms with E-state index in [2.05, 4.69) is 5.32 Å². The number of hydrogen-bond acceptors (Lipinski definition) is 6. The van der Waals surface area contributed by atoms with Crippen molar-refractivity contribution in [3.8, 4) is 6.07 Å². The van der Waals surface area contributed by atoms with E-state index in [0.29, 0.717) is 24.9 Å². The maximum Gasteiger partial charge on any atom is 0.326 e. The Bertz CT molecular complexity index is 756. The minimum atomic E-state index is -1.02. The summed E-state index contributed by atoms with van der Waals surface area (Å²) < 4.78 is 5.11. The van der Waals surface area contributed by atoms with Crippen LogP contribution in [-0.2, 0) is 25.5 Å². The van der Waals surface area contributed by atoms with Gasteiger partial charge < -0.3 is 14.7 Å². The Morgan fingerprint density at radius 3 is 2.61 bits per heavy atom. The number of amides is 1. The monoisotopic (exact) mass is 387 g/mol. The number of nitriles is 1. The van der Waals surface area contributed by atoms with Crippen LogP contribution in [0.1, 0.15) is 37.8 Å². The third-order valence-electron chi connectivity index (χ3n) is 4.74. The van der Waals surface area contributed by atoms with Gasteiger partial charge in [0.2, 0.25) is 5.91 Å². The molecule has 28 heavy (non-hydrogen) atoms. The zero-order valence-corrected chi connectivity index (χ0v) is 16.1. The van der Waals surface area contributed by atoms with Crippen LogP contribution in [-0.4, -0.2) is 59.1 Å². The summed E-state index contributed by atoms with van der Waals surface area (Å²) in [6, 6.07) is 6.53. The molecule has 0 spiro atoms. The molecule has 8 heteroatoms. The number of benzene rings is 1. The van der Waals surface area contributed by atoms with E-state index in [1.54, 1.807) is 38.1 Å². The molecule has 3 atom stereocenters. The van der Waals surface area contributed by atoms with Crippen molar-refractivity contribution in [1.29, 1.82) is 5.26 Å².